The summed E-state index contributed by atoms with van der Waals surface area (Å²) in [6.45, 7) is 0. The molecule has 0 saturated carbocycles. The van der Waals surface area contributed by atoms with Gasteiger partial charge in [-0.2, -0.15) is 18.3 Å². The summed E-state index contributed by atoms with van der Waals surface area (Å²) in [7, 11) is 0. The third-order valence-corrected chi connectivity index (χ3v) is 3.24. The number of alkyl halides is 3. The molecule has 24 heavy (non-hydrogen) atoms. The first-order chi connectivity index (χ1) is 11.3. The van der Waals surface area contributed by atoms with E-state index < -0.39 is 23.4 Å². The van der Waals surface area contributed by atoms with Gasteiger partial charge in [-0.15, -0.1) is 0 Å². The molecule has 0 saturated heterocycles. The summed E-state index contributed by atoms with van der Waals surface area (Å²) in [6.07, 6.45) is 2.31. The summed E-state index contributed by atoms with van der Waals surface area (Å²) >= 11 is 0. The van der Waals surface area contributed by atoms with Crippen LogP contribution in [0, 0.1) is 0 Å². The molecule has 0 bridgehead atoms. The van der Waals surface area contributed by atoms with E-state index in [1.807, 2.05) is 0 Å². The molecule has 1 N–H and O–H groups in total. The van der Waals surface area contributed by atoms with E-state index in [0.29, 0.717) is 10.9 Å². The molecule has 0 atom stereocenters. The molecule has 3 rings (SSSR count). The topological polar surface area (TPSA) is 87.8 Å². The van der Waals surface area contributed by atoms with Crippen LogP contribution >= 0.6 is 0 Å². The number of halogens is 3. The van der Waals surface area contributed by atoms with E-state index >= 15 is 0 Å². The van der Waals surface area contributed by atoms with Crippen molar-refractivity contribution < 1.29 is 27.9 Å². The highest BCUT2D eigenvalue weighted by Crippen LogP contribution is 2.35. The molecule has 1 aromatic heterocycles. The minimum absolute atomic E-state index is 0.0103. The number of allylic oxidation sites excluding steroid dienone is 3. The van der Waals surface area contributed by atoms with Crippen molar-refractivity contribution in [3.8, 4) is 0 Å². The zero-order valence-corrected chi connectivity index (χ0v) is 11.7. The van der Waals surface area contributed by atoms with Crippen LogP contribution in [-0.4, -0.2) is 37.5 Å². The van der Waals surface area contributed by atoms with Crippen molar-refractivity contribution in [1.82, 2.24) is 14.7 Å². The summed E-state index contributed by atoms with van der Waals surface area (Å²) < 4.78 is 40.4. The van der Waals surface area contributed by atoms with Crippen LogP contribution in [-0.2, 0) is 11.0 Å². The van der Waals surface area contributed by atoms with E-state index in [-0.39, 0.29) is 17.2 Å². The van der Waals surface area contributed by atoms with E-state index in [9.17, 15) is 22.8 Å². The Morgan fingerprint density at radius 3 is 2.71 bits per heavy atom. The first kappa shape index (κ1) is 15.5. The highest BCUT2D eigenvalue weighted by Gasteiger charge is 2.42. The lowest BCUT2D eigenvalue weighted by Gasteiger charge is -2.27. The van der Waals surface area contributed by atoms with E-state index in [0.717, 1.165) is 0 Å². The van der Waals surface area contributed by atoms with Gasteiger partial charge < -0.3 is 5.11 Å². The molecule has 122 valence electrons. The molecule has 0 spiro atoms. The Balaban J connectivity index is 2.20. The lowest BCUT2D eigenvalue weighted by Crippen LogP contribution is -2.33. The van der Waals surface area contributed by atoms with Gasteiger partial charge in [-0.05, 0) is 18.2 Å². The lowest BCUT2D eigenvalue weighted by atomic mass is 10.2. The van der Waals surface area contributed by atoms with E-state index in [2.05, 4.69) is 10.1 Å². The summed E-state index contributed by atoms with van der Waals surface area (Å²) in [4.78, 5) is 27.2. The zero-order valence-electron chi connectivity index (χ0n) is 11.7. The summed E-state index contributed by atoms with van der Waals surface area (Å²) in [5.41, 5.74) is -2.51. The summed E-state index contributed by atoms with van der Waals surface area (Å²) in [6, 6.07) is 0. The average Bonchev–Trinajstić information content (AvgIpc) is 2.99. The molecule has 0 fully saturated rings. The van der Waals surface area contributed by atoms with Gasteiger partial charge in [0, 0.05) is 12.4 Å². The third kappa shape index (κ3) is 2.34. The minimum Gasteiger partial charge on any atom is -0.478 e. The van der Waals surface area contributed by atoms with Gasteiger partial charge in [0.2, 0.25) is 0 Å². The normalized spacial score (nSPS) is 16.5. The Morgan fingerprint density at radius 1 is 1.33 bits per heavy atom. The van der Waals surface area contributed by atoms with Crippen LogP contribution in [0.5, 0.6) is 0 Å². The SMILES string of the molecule is O=C=C1C=CN=C2C(n3ncc(C(=O)O)c3C(F)(F)F)=CC=CN12. The molecular weight excluding hydrogens is 329 g/mol. The molecule has 0 unspecified atom stereocenters. The van der Waals surface area contributed by atoms with Gasteiger partial charge in [0.25, 0.3) is 0 Å². The van der Waals surface area contributed by atoms with Gasteiger partial charge in [0.15, 0.2) is 17.5 Å². The number of carboxylic acid groups (broad SMARTS) is 1. The van der Waals surface area contributed by atoms with E-state index in [1.165, 1.54) is 35.5 Å². The fourth-order valence-corrected chi connectivity index (χ4v) is 2.28. The number of fused-ring (bicyclic) bond motifs is 1. The monoisotopic (exact) mass is 336 g/mol. The Hall–Kier alpha value is -3.39. The van der Waals surface area contributed by atoms with Gasteiger partial charge in [-0.25, -0.2) is 19.3 Å². The van der Waals surface area contributed by atoms with Gasteiger partial charge in [-0.3, -0.25) is 4.90 Å². The van der Waals surface area contributed by atoms with Gasteiger partial charge in [0.05, 0.1) is 6.20 Å². The van der Waals surface area contributed by atoms with Crippen LogP contribution in [0.2, 0.25) is 0 Å². The number of aliphatic imine (C=N–C) groups is 1. The van der Waals surface area contributed by atoms with Crippen molar-refractivity contribution in [3.05, 3.63) is 53.8 Å². The highest BCUT2D eigenvalue weighted by atomic mass is 19.4. The summed E-state index contributed by atoms with van der Waals surface area (Å²) in [5.74, 6) is -0.120. The van der Waals surface area contributed by atoms with Crippen molar-refractivity contribution in [3.63, 3.8) is 0 Å². The Bertz CT molecular complexity index is 899. The average molecular weight is 336 g/mol. The number of aromatic nitrogens is 2. The van der Waals surface area contributed by atoms with Crippen LogP contribution in [0.4, 0.5) is 13.2 Å². The first-order valence-corrected chi connectivity index (χ1v) is 6.41. The number of nitrogens with zero attached hydrogens (tertiary/aromatic N) is 4. The van der Waals surface area contributed by atoms with Crippen LogP contribution in [0.1, 0.15) is 16.1 Å². The predicted octanol–water partition coefficient (Wildman–Crippen LogP) is 1.91. The Kier molecular flexibility index (Phi) is 3.46. The number of carbonyl (C=O) groups is 1. The second kappa shape index (κ2) is 5.36. The molecule has 2 aliphatic rings. The van der Waals surface area contributed by atoms with Gasteiger partial charge in [-0.1, -0.05) is 0 Å². The van der Waals surface area contributed by atoms with Crippen molar-refractivity contribution in [1.29, 1.82) is 0 Å². The Labute approximate surface area is 132 Å². The molecule has 7 nitrogen and oxygen atoms in total. The lowest BCUT2D eigenvalue weighted by molar-refractivity contribution is -0.143. The van der Waals surface area contributed by atoms with Crippen molar-refractivity contribution in [2.75, 3.05) is 0 Å². The molecule has 0 aliphatic carbocycles. The van der Waals surface area contributed by atoms with Crippen molar-refractivity contribution in [2.45, 2.75) is 6.18 Å². The van der Waals surface area contributed by atoms with Crippen LogP contribution < -0.4 is 0 Å². The van der Waals surface area contributed by atoms with E-state index in [1.54, 1.807) is 5.94 Å². The maximum atomic E-state index is 13.3. The molecule has 1 aromatic rings. The van der Waals surface area contributed by atoms with Crippen LogP contribution in [0.3, 0.4) is 0 Å². The van der Waals surface area contributed by atoms with Crippen LogP contribution in [0.15, 0.2) is 47.5 Å². The van der Waals surface area contributed by atoms with Crippen molar-refractivity contribution >= 4 is 23.4 Å². The predicted molar refractivity (Wildman–Crippen MR) is 75.2 cm³/mol. The standard InChI is InChI=1S/C14H7F3N4O3/c15-14(16,17)11-9(13(23)24)6-19-21(11)10-2-1-5-20-8(7-22)3-4-18-12(10)20/h1-6H,(H,23,24). The fraction of sp³-hybridized carbons (Fsp3) is 0.0714. The number of hydrogen-bond acceptors (Lipinski definition) is 5. The second-order valence-electron chi connectivity index (χ2n) is 4.64. The van der Waals surface area contributed by atoms with Gasteiger partial charge in [0.1, 0.15) is 17.0 Å². The summed E-state index contributed by atoms with van der Waals surface area (Å²) in [5, 5.41) is 12.5. The number of aromatic carboxylic acids is 1. The molecule has 0 amide bonds. The number of hydrogen-bond donors (Lipinski definition) is 1. The minimum atomic E-state index is -4.95. The van der Waals surface area contributed by atoms with Gasteiger partial charge >= 0.3 is 12.1 Å². The molecule has 2 aliphatic heterocycles. The number of rotatable bonds is 2. The van der Waals surface area contributed by atoms with Crippen LogP contribution in [0.25, 0.3) is 5.70 Å². The maximum Gasteiger partial charge on any atom is 0.434 e. The molecule has 0 aromatic carbocycles. The first-order valence-electron chi connectivity index (χ1n) is 6.41. The maximum absolute atomic E-state index is 13.3. The number of carbonyl (C=O) groups excluding carboxylic acids is 1. The molecular formula is C14H7F3N4O3. The number of carboxylic acids is 1. The highest BCUT2D eigenvalue weighted by molar-refractivity contribution is 6.20. The molecule has 3 heterocycles. The molecule has 0 radical (unpaired) electrons. The fourth-order valence-electron chi connectivity index (χ4n) is 2.28. The molecule has 10 heteroatoms. The zero-order chi connectivity index (χ0) is 17.5. The van der Waals surface area contributed by atoms with Crippen molar-refractivity contribution in [2.24, 2.45) is 4.99 Å². The quantitative estimate of drug-likeness (QED) is 0.834. The second-order valence-corrected chi connectivity index (χ2v) is 4.64. The third-order valence-electron chi connectivity index (χ3n) is 3.24. The largest absolute Gasteiger partial charge is 0.478 e. The van der Waals surface area contributed by atoms with E-state index in [4.69, 9.17) is 5.11 Å². The Morgan fingerprint density at radius 2 is 2.08 bits per heavy atom. The number of amidine groups is 1. The smallest absolute Gasteiger partial charge is 0.434 e.